The Morgan fingerprint density at radius 3 is 2.71 bits per heavy atom. The molecule has 0 spiro atoms. The summed E-state index contributed by atoms with van der Waals surface area (Å²) in [5, 5.41) is 5.74. The lowest BCUT2D eigenvalue weighted by Crippen LogP contribution is -2.38. The van der Waals surface area contributed by atoms with E-state index < -0.39 is 12.0 Å². The van der Waals surface area contributed by atoms with Crippen LogP contribution in [0.2, 0.25) is 0 Å². The molecule has 6 nitrogen and oxygen atoms in total. The molecule has 0 saturated carbocycles. The Labute approximate surface area is 300 Å². The van der Waals surface area contributed by atoms with Crippen LogP contribution in [0.5, 0.6) is 0 Å². The molecule has 3 fully saturated rings. The van der Waals surface area contributed by atoms with Crippen LogP contribution < -0.4 is 10.2 Å². The molecule has 3 atom stereocenters. The highest BCUT2D eigenvalue weighted by molar-refractivity contribution is 6.01. The first-order valence-electron chi connectivity index (χ1n) is 19.3. The lowest BCUT2D eigenvalue weighted by molar-refractivity contribution is 0.181. The van der Waals surface area contributed by atoms with Crippen molar-refractivity contribution in [3.8, 4) is 11.3 Å². The van der Waals surface area contributed by atoms with Gasteiger partial charge in [-0.2, -0.15) is 0 Å². The maximum absolute atomic E-state index is 17.2. The second-order valence-electron chi connectivity index (χ2n) is 15.5. The molecular weight excluding hydrogens is 645 g/mol. The molecule has 2 unspecified atom stereocenters. The second kappa shape index (κ2) is 15.1. The molecule has 0 aliphatic carbocycles. The summed E-state index contributed by atoms with van der Waals surface area (Å²) >= 11 is 0. The third-order valence-corrected chi connectivity index (χ3v) is 11.5. The Morgan fingerprint density at radius 2 is 1.86 bits per heavy atom. The van der Waals surface area contributed by atoms with Crippen molar-refractivity contribution in [3.05, 3.63) is 71.3 Å². The van der Waals surface area contributed by atoms with E-state index in [2.05, 4.69) is 35.5 Å². The van der Waals surface area contributed by atoms with Gasteiger partial charge >= 0.3 is 0 Å². The Hall–Kier alpha value is -3.72. The molecule has 6 bridgehead atoms. The lowest BCUT2D eigenvalue weighted by Gasteiger charge is -2.32. The van der Waals surface area contributed by atoms with E-state index in [1.807, 2.05) is 19.1 Å². The molecule has 5 aliphatic rings. The quantitative estimate of drug-likeness (QED) is 0.230. The maximum Gasteiger partial charge on any atom is 0.175 e. The van der Waals surface area contributed by atoms with Gasteiger partial charge < -0.3 is 10.2 Å². The fourth-order valence-corrected chi connectivity index (χ4v) is 9.12. The normalized spacial score (nSPS) is 24.0. The Bertz CT molecular complexity index is 1910. The standard InChI is InChI=1S/C39H45F3N6.C3H8/c1-24-17-27-10-11-32(41)29-9-5-7-25(2)43-20-26-8-3-4-15-47(22-26)38-31-21-44-36(30(18-24)34(27)29)35(42)37(31)45-33(46-38)12-14-39-13-6-16-48(39)23-28(40)19-39;1-3-2/h10-11,17-18,21,26,28,43H,2-9,12-16,19-20,22-23H2,1H3;3H2,1-2H3/t26?,28?,39-;/m1./s1. The summed E-state index contributed by atoms with van der Waals surface area (Å²) in [6, 6.07) is 7.24. The minimum Gasteiger partial charge on any atom is -0.388 e. The van der Waals surface area contributed by atoms with E-state index >= 15 is 8.78 Å². The number of halogens is 3. The number of hydrogen-bond acceptors (Lipinski definition) is 6. The molecule has 0 radical (unpaired) electrons. The number of nitrogens with zero attached hydrogens (tertiary/aromatic N) is 5. The van der Waals surface area contributed by atoms with E-state index in [-0.39, 0.29) is 22.6 Å². The molecule has 4 aromatic rings. The van der Waals surface area contributed by atoms with Gasteiger partial charge in [0.2, 0.25) is 0 Å². The number of aromatic nitrogens is 3. The fraction of sp³-hybridized carbons (Fsp3) is 0.548. The molecule has 1 N–H and O–H groups in total. The van der Waals surface area contributed by atoms with Gasteiger partial charge in [0.1, 0.15) is 34.8 Å². The van der Waals surface area contributed by atoms with E-state index in [1.54, 1.807) is 12.3 Å². The van der Waals surface area contributed by atoms with Crippen LogP contribution in [0, 0.1) is 24.5 Å². The Morgan fingerprint density at radius 1 is 1.02 bits per heavy atom. The minimum absolute atomic E-state index is 0.172. The first-order chi connectivity index (χ1) is 24.7. The van der Waals surface area contributed by atoms with Crippen molar-refractivity contribution >= 4 is 27.5 Å². The van der Waals surface area contributed by atoms with Crippen LogP contribution >= 0.6 is 0 Å². The van der Waals surface area contributed by atoms with E-state index in [1.165, 1.54) is 12.5 Å². The number of fused-ring (bicyclic) bond motifs is 7. The number of anilines is 1. The second-order valence-corrected chi connectivity index (χ2v) is 15.5. The number of benzene rings is 2. The van der Waals surface area contributed by atoms with Crippen LogP contribution in [-0.2, 0) is 12.8 Å². The first-order valence-corrected chi connectivity index (χ1v) is 19.3. The molecule has 2 aromatic carbocycles. The highest BCUT2D eigenvalue weighted by Gasteiger charge is 2.48. The van der Waals surface area contributed by atoms with Gasteiger partial charge in [-0.15, -0.1) is 0 Å². The van der Waals surface area contributed by atoms with Crippen molar-refractivity contribution in [2.75, 3.05) is 37.6 Å². The number of alkyl halides is 1. The molecule has 9 heteroatoms. The van der Waals surface area contributed by atoms with Gasteiger partial charge in [-0.3, -0.25) is 9.88 Å². The summed E-state index contributed by atoms with van der Waals surface area (Å²) in [6.07, 6.45) is 11.2. The summed E-state index contributed by atoms with van der Waals surface area (Å²) in [6.45, 7) is 14.3. The summed E-state index contributed by atoms with van der Waals surface area (Å²) < 4.78 is 47.4. The zero-order valence-corrected chi connectivity index (χ0v) is 30.6. The smallest absolute Gasteiger partial charge is 0.175 e. The van der Waals surface area contributed by atoms with Crippen LogP contribution in [0.1, 0.15) is 95.0 Å². The SMILES string of the molecule is C=C1CCCc2c(F)ccc3cc(C)cc(c23)-c2ncc3c(nc(CC[C@@]45CCCN4CC(F)C5)nc3c2F)N2CCCCC(CN1)C2.CCC. The predicted molar refractivity (Wildman–Crippen MR) is 202 cm³/mol. The topological polar surface area (TPSA) is 57.2 Å². The van der Waals surface area contributed by atoms with Crippen molar-refractivity contribution in [1.82, 2.24) is 25.2 Å². The van der Waals surface area contributed by atoms with Crippen LogP contribution in [0.4, 0.5) is 19.0 Å². The zero-order valence-electron chi connectivity index (χ0n) is 30.6. The van der Waals surface area contributed by atoms with E-state index in [9.17, 15) is 4.39 Å². The third kappa shape index (κ3) is 7.20. The molecule has 0 amide bonds. The summed E-state index contributed by atoms with van der Waals surface area (Å²) in [5.41, 5.74) is 3.32. The lowest BCUT2D eigenvalue weighted by atomic mass is 9.88. The molecule has 5 aliphatic heterocycles. The van der Waals surface area contributed by atoms with Gasteiger partial charge in [0.05, 0.1) is 5.39 Å². The molecule has 272 valence electrons. The highest BCUT2D eigenvalue weighted by atomic mass is 19.1. The van der Waals surface area contributed by atoms with Crippen LogP contribution in [0.15, 0.2) is 42.7 Å². The summed E-state index contributed by atoms with van der Waals surface area (Å²) in [4.78, 5) is 19.5. The average molecular weight is 699 g/mol. The van der Waals surface area contributed by atoms with E-state index in [4.69, 9.17) is 15.0 Å². The maximum atomic E-state index is 17.2. The van der Waals surface area contributed by atoms with Crippen LogP contribution in [-0.4, -0.2) is 64.3 Å². The van der Waals surface area contributed by atoms with Crippen molar-refractivity contribution in [1.29, 1.82) is 0 Å². The largest absolute Gasteiger partial charge is 0.388 e. The first kappa shape index (κ1) is 35.7. The van der Waals surface area contributed by atoms with Gasteiger partial charge in [0.25, 0.3) is 0 Å². The number of allylic oxidation sites excluding steroid dienone is 1. The van der Waals surface area contributed by atoms with Crippen molar-refractivity contribution in [3.63, 3.8) is 0 Å². The summed E-state index contributed by atoms with van der Waals surface area (Å²) in [7, 11) is 0. The number of nitrogens with one attached hydrogen (secondary N) is 1. The molecule has 3 saturated heterocycles. The number of rotatable bonds is 3. The molecular formula is C42H53F3N6. The van der Waals surface area contributed by atoms with Crippen molar-refractivity contribution in [2.24, 2.45) is 5.92 Å². The van der Waals surface area contributed by atoms with Crippen molar-refractivity contribution in [2.45, 2.75) is 110 Å². The number of aryl methyl sites for hydroxylation is 3. The van der Waals surface area contributed by atoms with Crippen LogP contribution in [0.25, 0.3) is 32.9 Å². The zero-order chi connectivity index (χ0) is 35.7. The highest BCUT2D eigenvalue weighted by Crippen LogP contribution is 2.44. The molecule has 2 aromatic heterocycles. The predicted octanol–water partition coefficient (Wildman–Crippen LogP) is 9.40. The third-order valence-electron chi connectivity index (χ3n) is 11.5. The summed E-state index contributed by atoms with van der Waals surface area (Å²) in [5.74, 6) is 0.866. The van der Waals surface area contributed by atoms with Gasteiger partial charge in [-0.05, 0) is 111 Å². The molecule has 7 heterocycles. The van der Waals surface area contributed by atoms with Crippen molar-refractivity contribution < 1.29 is 13.2 Å². The average Bonchev–Trinajstić information content (AvgIpc) is 3.52. The van der Waals surface area contributed by atoms with E-state index in [0.717, 1.165) is 100 Å². The van der Waals surface area contributed by atoms with Gasteiger partial charge in [-0.25, -0.2) is 23.1 Å². The van der Waals surface area contributed by atoms with Gasteiger partial charge in [0.15, 0.2) is 5.82 Å². The van der Waals surface area contributed by atoms with Crippen LogP contribution in [0.3, 0.4) is 0 Å². The number of pyridine rings is 1. The van der Waals surface area contributed by atoms with E-state index in [0.29, 0.717) is 59.4 Å². The van der Waals surface area contributed by atoms with Gasteiger partial charge in [0, 0.05) is 55.6 Å². The molecule has 51 heavy (non-hydrogen) atoms. The monoisotopic (exact) mass is 698 g/mol. The Kier molecular flexibility index (Phi) is 10.6. The fourth-order valence-electron chi connectivity index (χ4n) is 9.12. The Balaban J connectivity index is 0.00000131. The minimum atomic E-state index is -0.807. The van der Waals surface area contributed by atoms with Gasteiger partial charge in [-0.1, -0.05) is 45.4 Å². The number of hydrogen-bond donors (Lipinski definition) is 1. The molecule has 9 rings (SSSR count).